The smallest absolute Gasteiger partial charge is 0.279 e. The van der Waals surface area contributed by atoms with E-state index >= 15 is 0 Å². The highest BCUT2D eigenvalue weighted by Crippen LogP contribution is 2.42. The highest BCUT2D eigenvalue weighted by molar-refractivity contribution is 6.09. The van der Waals surface area contributed by atoms with E-state index in [1.807, 2.05) is 25.1 Å². The van der Waals surface area contributed by atoms with Crippen molar-refractivity contribution >= 4 is 17.5 Å². The van der Waals surface area contributed by atoms with Gasteiger partial charge in [-0.05, 0) is 55.2 Å². The number of nitrogens with zero attached hydrogens (tertiary/aromatic N) is 3. The molecular formula is C29H34N4O5. The summed E-state index contributed by atoms with van der Waals surface area (Å²) in [6, 6.07) is 9.86. The molecule has 0 unspecified atom stereocenters. The van der Waals surface area contributed by atoms with E-state index in [4.69, 9.17) is 14.2 Å². The maximum Gasteiger partial charge on any atom is 0.279 e. The Labute approximate surface area is 223 Å². The molecule has 2 aromatic carbocycles. The van der Waals surface area contributed by atoms with E-state index in [0.29, 0.717) is 28.5 Å². The summed E-state index contributed by atoms with van der Waals surface area (Å²) in [4.78, 5) is 38.0. The first kappa shape index (κ1) is 26.9. The minimum atomic E-state index is -1.05. The minimum Gasteiger partial charge on any atom is -0.493 e. The molecule has 0 spiro atoms. The van der Waals surface area contributed by atoms with Crippen molar-refractivity contribution in [3.05, 3.63) is 71.8 Å². The van der Waals surface area contributed by atoms with Crippen LogP contribution < -0.4 is 24.4 Å². The Balaban J connectivity index is 1.90. The lowest BCUT2D eigenvalue weighted by Gasteiger charge is -2.33. The Hall–Kier alpha value is -4.14. The molecule has 1 heterocycles. The van der Waals surface area contributed by atoms with Crippen molar-refractivity contribution in [3.8, 4) is 17.2 Å². The molecule has 4 rings (SSSR count). The van der Waals surface area contributed by atoms with Gasteiger partial charge in [0.2, 0.25) is 11.7 Å². The van der Waals surface area contributed by atoms with Gasteiger partial charge in [0, 0.05) is 24.1 Å². The molecule has 9 heteroatoms. The summed E-state index contributed by atoms with van der Waals surface area (Å²) in [6.45, 7) is 1.94. The second-order valence-corrected chi connectivity index (χ2v) is 9.31. The number of methoxy groups -OCH3 is 3. The molecule has 3 aromatic rings. The highest BCUT2D eigenvalue weighted by atomic mass is 16.5. The van der Waals surface area contributed by atoms with Gasteiger partial charge in [0.15, 0.2) is 11.5 Å². The van der Waals surface area contributed by atoms with Crippen LogP contribution in [0.5, 0.6) is 17.2 Å². The van der Waals surface area contributed by atoms with E-state index in [0.717, 1.165) is 37.7 Å². The summed E-state index contributed by atoms with van der Waals surface area (Å²) < 4.78 is 16.7. The van der Waals surface area contributed by atoms with Gasteiger partial charge in [-0.3, -0.25) is 19.5 Å². The van der Waals surface area contributed by atoms with Crippen LogP contribution in [0.2, 0.25) is 0 Å². The first-order valence-corrected chi connectivity index (χ1v) is 12.7. The van der Waals surface area contributed by atoms with E-state index in [1.54, 1.807) is 18.2 Å². The van der Waals surface area contributed by atoms with E-state index in [9.17, 15) is 9.59 Å². The van der Waals surface area contributed by atoms with Crippen molar-refractivity contribution in [3.63, 3.8) is 0 Å². The molecule has 2 amide bonds. The molecule has 1 aliphatic rings. The largest absolute Gasteiger partial charge is 0.493 e. The number of ether oxygens (including phenoxy) is 3. The Bertz CT molecular complexity index is 1240. The molecule has 1 aliphatic carbocycles. The number of hydrogen-bond donors (Lipinski definition) is 1. The second-order valence-electron chi connectivity index (χ2n) is 9.31. The van der Waals surface area contributed by atoms with Crippen molar-refractivity contribution in [1.82, 2.24) is 15.3 Å². The standard InChI is InChI=1S/C29H34N4O5/c1-19-9-8-12-22(15-19)33(29(35)23-18-30-13-14-31-23)26(28(34)32-21-10-6-5-7-11-21)20-16-24(36-2)27(38-4)25(17-20)37-3/h8-9,12-18,21,26H,5-7,10-11H2,1-4H3,(H,32,34)/t26-/m0/s1. The zero-order valence-corrected chi connectivity index (χ0v) is 22.3. The predicted molar refractivity (Wildman–Crippen MR) is 144 cm³/mol. The van der Waals surface area contributed by atoms with Gasteiger partial charge < -0.3 is 19.5 Å². The van der Waals surface area contributed by atoms with Crippen LogP contribution in [0.3, 0.4) is 0 Å². The summed E-state index contributed by atoms with van der Waals surface area (Å²) in [5, 5.41) is 3.21. The molecule has 0 saturated heterocycles. The van der Waals surface area contributed by atoms with Crippen LogP contribution in [0.1, 0.15) is 59.8 Å². The molecule has 9 nitrogen and oxygen atoms in total. The molecule has 1 saturated carbocycles. The summed E-state index contributed by atoms with van der Waals surface area (Å²) in [6.07, 6.45) is 9.42. The number of aryl methyl sites for hydroxylation is 1. The molecule has 38 heavy (non-hydrogen) atoms. The van der Waals surface area contributed by atoms with E-state index < -0.39 is 11.9 Å². The highest BCUT2D eigenvalue weighted by Gasteiger charge is 2.36. The van der Waals surface area contributed by atoms with Crippen LogP contribution >= 0.6 is 0 Å². The number of nitrogens with one attached hydrogen (secondary N) is 1. The quantitative estimate of drug-likeness (QED) is 0.440. The van der Waals surface area contributed by atoms with Crippen molar-refractivity contribution in [2.45, 2.75) is 51.1 Å². The molecule has 0 bridgehead atoms. The Kier molecular flexibility index (Phi) is 8.78. The number of anilines is 1. The minimum absolute atomic E-state index is 0.0340. The summed E-state index contributed by atoms with van der Waals surface area (Å²) >= 11 is 0. The normalized spacial score (nSPS) is 14.3. The van der Waals surface area contributed by atoms with Crippen molar-refractivity contribution in [2.24, 2.45) is 0 Å². The van der Waals surface area contributed by atoms with Gasteiger partial charge >= 0.3 is 0 Å². The van der Waals surface area contributed by atoms with Crippen LogP contribution in [-0.4, -0.2) is 49.2 Å². The Morgan fingerprint density at radius 1 is 0.974 bits per heavy atom. The lowest BCUT2D eigenvalue weighted by molar-refractivity contribution is -0.123. The van der Waals surface area contributed by atoms with E-state index in [2.05, 4.69) is 15.3 Å². The average Bonchev–Trinajstić information content (AvgIpc) is 2.95. The van der Waals surface area contributed by atoms with Gasteiger partial charge in [-0.2, -0.15) is 0 Å². The van der Waals surface area contributed by atoms with Crippen molar-refractivity contribution in [1.29, 1.82) is 0 Å². The Morgan fingerprint density at radius 3 is 2.26 bits per heavy atom. The number of carbonyl (C=O) groups excluding carboxylic acids is 2. The van der Waals surface area contributed by atoms with Gasteiger partial charge in [0.25, 0.3) is 5.91 Å². The van der Waals surface area contributed by atoms with Gasteiger partial charge in [-0.25, -0.2) is 4.98 Å². The first-order chi connectivity index (χ1) is 18.5. The molecule has 0 radical (unpaired) electrons. The van der Waals surface area contributed by atoms with Crippen LogP contribution in [-0.2, 0) is 4.79 Å². The number of rotatable bonds is 9. The lowest BCUT2D eigenvalue weighted by atomic mass is 9.94. The lowest BCUT2D eigenvalue weighted by Crippen LogP contribution is -2.47. The van der Waals surface area contributed by atoms with Gasteiger partial charge in [0.1, 0.15) is 11.7 Å². The third kappa shape index (κ3) is 5.88. The number of hydrogen-bond acceptors (Lipinski definition) is 7. The van der Waals surface area contributed by atoms with Crippen LogP contribution in [0.4, 0.5) is 5.69 Å². The topological polar surface area (TPSA) is 103 Å². The van der Waals surface area contributed by atoms with Crippen molar-refractivity contribution < 1.29 is 23.8 Å². The third-order valence-electron chi connectivity index (χ3n) is 6.74. The molecule has 1 aromatic heterocycles. The summed E-state index contributed by atoms with van der Waals surface area (Å²) in [7, 11) is 4.55. The summed E-state index contributed by atoms with van der Waals surface area (Å²) in [5.74, 6) is 0.403. The van der Waals surface area contributed by atoms with Gasteiger partial charge in [-0.1, -0.05) is 31.4 Å². The number of amides is 2. The maximum absolute atomic E-state index is 14.1. The maximum atomic E-state index is 14.1. The second kappa shape index (κ2) is 12.4. The SMILES string of the molecule is COc1cc([C@@H](C(=O)NC2CCCCC2)N(C(=O)c2cnccn2)c2cccc(C)c2)cc(OC)c1OC. The van der Waals surface area contributed by atoms with E-state index in [1.165, 1.54) is 44.8 Å². The zero-order chi connectivity index (χ0) is 27.1. The van der Waals surface area contributed by atoms with Gasteiger partial charge in [-0.15, -0.1) is 0 Å². The molecule has 1 N–H and O–H groups in total. The number of carbonyl (C=O) groups is 2. The average molecular weight is 519 g/mol. The number of benzene rings is 2. The first-order valence-electron chi connectivity index (χ1n) is 12.7. The fourth-order valence-corrected chi connectivity index (χ4v) is 4.90. The van der Waals surface area contributed by atoms with Gasteiger partial charge in [0.05, 0.1) is 27.5 Å². The van der Waals surface area contributed by atoms with E-state index in [-0.39, 0.29) is 17.6 Å². The predicted octanol–water partition coefficient (Wildman–Crippen LogP) is 4.65. The Morgan fingerprint density at radius 2 is 1.68 bits per heavy atom. The fraction of sp³-hybridized carbons (Fsp3) is 0.379. The molecule has 0 aliphatic heterocycles. The fourth-order valence-electron chi connectivity index (χ4n) is 4.90. The summed E-state index contributed by atoms with van der Waals surface area (Å²) in [5.41, 5.74) is 2.12. The van der Waals surface area contributed by atoms with Crippen LogP contribution in [0, 0.1) is 6.92 Å². The molecule has 200 valence electrons. The van der Waals surface area contributed by atoms with Crippen molar-refractivity contribution in [2.75, 3.05) is 26.2 Å². The number of aromatic nitrogens is 2. The third-order valence-corrected chi connectivity index (χ3v) is 6.74. The molecule has 1 fully saturated rings. The van der Waals surface area contributed by atoms with Crippen LogP contribution in [0.25, 0.3) is 0 Å². The monoisotopic (exact) mass is 518 g/mol. The molecular weight excluding hydrogens is 484 g/mol. The van der Waals surface area contributed by atoms with Crippen LogP contribution in [0.15, 0.2) is 55.0 Å². The zero-order valence-electron chi connectivity index (χ0n) is 22.3. The molecule has 1 atom stereocenters.